The fourth-order valence-electron chi connectivity index (χ4n) is 2.21. The molecule has 2 atom stereocenters. The van der Waals surface area contributed by atoms with Crippen LogP contribution in [0.1, 0.15) is 17.8 Å². The third-order valence-corrected chi connectivity index (χ3v) is 3.15. The highest BCUT2D eigenvalue weighted by Crippen LogP contribution is 2.21. The number of carboxylic acids is 1. The molecule has 2 rings (SSSR count). The fraction of sp³-hybridized carbons (Fsp3) is 0.583. The number of aryl methyl sites for hydroxylation is 2. The highest BCUT2D eigenvalue weighted by molar-refractivity contribution is 5.72. The Kier molecular flexibility index (Phi) is 3.47. The second kappa shape index (κ2) is 4.89. The van der Waals surface area contributed by atoms with Crippen molar-refractivity contribution in [2.45, 2.75) is 26.4 Å². The number of piperidine rings is 1. The Balaban J connectivity index is 2.21. The number of carboxylic acid groups (broad SMARTS) is 1. The molecule has 1 fully saturated rings. The third kappa shape index (κ3) is 2.59. The van der Waals surface area contributed by atoms with E-state index in [9.17, 15) is 9.90 Å². The van der Waals surface area contributed by atoms with E-state index in [4.69, 9.17) is 5.11 Å². The van der Waals surface area contributed by atoms with Crippen LogP contribution in [0.3, 0.4) is 0 Å². The Morgan fingerprint density at radius 2 is 2.00 bits per heavy atom. The molecular formula is C12H17N3O3. The molecule has 0 aliphatic carbocycles. The number of hydrogen-bond donors (Lipinski definition) is 2. The summed E-state index contributed by atoms with van der Waals surface area (Å²) in [4.78, 5) is 21.5. The Bertz CT molecular complexity index is 444. The summed E-state index contributed by atoms with van der Waals surface area (Å²) in [6.07, 6.45) is -0.363. The van der Waals surface area contributed by atoms with Gasteiger partial charge >= 0.3 is 5.97 Å². The summed E-state index contributed by atoms with van der Waals surface area (Å²) in [5.41, 5.74) is 1.71. The van der Waals surface area contributed by atoms with E-state index < -0.39 is 18.0 Å². The number of aromatic nitrogens is 2. The lowest BCUT2D eigenvalue weighted by atomic mass is 9.95. The van der Waals surface area contributed by atoms with Crippen molar-refractivity contribution in [2.24, 2.45) is 5.92 Å². The van der Waals surface area contributed by atoms with E-state index in [-0.39, 0.29) is 6.54 Å². The van der Waals surface area contributed by atoms with E-state index in [1.807, 2.05) is 24.8 Å². The maximum absolute atomic E-state index is 11.0. The summed E-state index contributed by atoms with van der Waals surface area (Å²) in [7, 11) is 0. The van der Waals surface area contributed by atoms with E-state index >= 15 is 0 Å². The predicted octanol–water partition coefficient (Wildman–Crippen LogP) is 0.365. The number of aliphatic hydroxyl groups excluding tert-OH is 1. The van der Waals surface area contributed by atoms with Gasteiger partial charge in [-0.1, -0.05) is 0 Å². The molecule has 0 spiro atoms. The number of aliphatic hydroxyl groups is 1. The van der Waals surface area contributed by atoms with Crippen LogP contribution in [0.25, 0.3) is 0 Å². The summed E-state index contributed by atoms with van der Waals surface area (Å²) in [5.74, 6) is -1.20. The first-order chi connectivity index (χ1) is 8.47. The summed E-state index contributed by atoms with van der Waals surface area (Å²) in [5, 5.41) is 18.7. The van der Waals surface area contributed by atoms with E-state index in [1.54, 1.807) is 0 Å². The molecule has 18 heavy (non-hydrogen) atoms. The molecule has 0 bridgehead atoms. The summed E-state index contributed by atoms with van der Waals surface area (Å²) in [6.45, 7) is 4.59. The molecule has 0 aromatic carbocycles. The fourth-order valence-corrected chi connectivity index (χ4v) is 2.21. The number of aliphatic carboxylic acids is 1. The molecule has 0 amide bonds. The minimum Gasteiger partial charge on any atom is -0.481 e. The molecule has 2 N–H and O–H groups in total. The molecule has 2 heterocycles. The van der Waals surface area contributed by atoms with Crippen molar-refractivity contribution >= 4 is 11.9 Å². The van der Waals surface area contributed by atoms with Gasteiger partial charge in [-0.3, -0.25) is 4.79 Å². The van der Waals surface area contributed by atoms with Gasteiger partial charge in [-0.15, -0.1) is 0 Å². The highest BCUT2D eigenvalue weighted by Gasteiger charge is 2.34. The van der Waals surface area contributed by atoms with E-state index in [1.165, 1.54) is 0 Å². The predicted molar refractivity (Wildman–Crippen MR) is 65.5 cm³/mol. The van der Waals surface area contributed by atoms with Gasteiger partial charge in [0.1, 0.15) is 5.92 Å². The molecule has 0 radical (unpaired) electrons. The highest BCUT2D eigenvalue weighted by atomic mass is 16.4. The van der Waals surface area contributed by atoms with Gasteiger partial charge in [0.2, 0.25) is 5.95 Å². The van der Waals surface area contributed by atoms with Crippen LogP contribution in [-0.4, -0.2) is 45.3 Å². The van der Waals surface area contributed by atoms with Crippen molar-refractivity contribution in [3.05, 3.63) is 17.5 Å². The summed E-state index contributed by atoms with van der Waals surface area (Å²) in [6, 6.07) is 1.87. The van der Waals surface area contributed by atoms with Gasteiger partial charge in [-0.05, 0) is 26.3 Å². The Hall–Kier alpha value is -1.69. The monoisotopic (exact) mass is 251 g/mol. The van der Waals surface area contributed by atoms with Gasteiger partial charge < -0.3 is 15.1 Å². The van der Waals surface area contributed by atoms with Gasteiger partial charge in [0.25, 0.3) is 0 Å². The topological polar surface area (TPSA) is 86.5 Å². The zero-order chi connectivity index (χ0) is 13.3. The molecule has 6 nitrogen and oxygen atoms in total. The maximum Gasteiger partial charge on any atom is 0.310 e. The zero-order valence-corrected chi connectivity index (χ0v) is 10.5. The van der Waals surface area contributed by atoms with Crippen LogP contribution in [0.2, 0.25) is 0 Å². The third-order valence-electron chi connectivity index (χ3n) is 3.15. The van der Waals surface area contributed by atoms with Crippen LogP contribution in [0, 0.1) is 19.8 Å². The second-order valence-electron chi connectivity index (χ2n) is 4.70. The average Bonchev–Trinajstić information content (AvgIpc) is 2.27. The average molecular weight is 251 g/mol. The van der Waals surface area contributed by atoms with Crippen molar-refractivity contribution in [1.82, 2.24) is 9.97 Å². The van der Waals surface area contributed by atoms with E-state index in [0.29, 0.717) is 18.9 Å². The standard InChI is InChI=1S/C12H17N3O3/c1-7-5-8(2)14-12(13-7)15-4-3-10(16)9(6-15)11(17)18/h5,9-10,16H,3-4,6H2,1-2H3,(H,17,18)/t9-,10-/m0/s1. The lowest BCUT2D eigenvalue weighted by molar-refractivity contribution is -0.146. The molecule has 98 valence electrons. The lowest BCUT2D eigenvalue weighted by Crippen LogP contribution is -2.47. The molecule has 1 saturated heterocycles. The number of anilines is 1. The van der Waals surface area contributed by atoms with Crippen molar-refractivity contribution in [2.75, 3.05) is 18.0 Å². The SMILES string of the molecule is Cc1cc(C)nc(N2CC[C@H](O)[C@@H](C(=O)O)C2)n1. The Labute approximate surface area is 105 Å². The van der Waals surface area contributed by atoms with Crippen LogP contribution in [0.4, 0.5) is 5.95 Å². The maximum atomic E-state index is 11.0. The normalized spacial score (nSPS) is 24.1. The van der Waals surface area contributed by atoms with Gasteiger partial charge in [0, 0.05) is 24.5 Å². The van der Waals surface area contributed by atoms with Crippen LogP contribution in [0.5, 0.6) is 0 Å². The molecule has 0 unspecified atom stereocenters. The van der Waals surface area contributed by atoms with Gasteiger partial charge in [0.15, 0.2) is 0 Å². The molecule has 1 aromatic rings. The lowest BCUT2D eigenvalue weighted by Gasteiger charge is -2.34. The smallest absolute Gasteiger partial charge is 0.310 e. The van der Waals surface area contributed by atoms with E-state index in [2.05, 4.69) is 9.97 Å². The first-order valence-electron chi connectivity index (χ1n) is 5.95. The molecule has 0 saturated carbocycles. The van der Waals surface area contributed by atoms with Crippen LogP contribution < -0.4 is 4.90 Å². The zero-order valence-electron chi connectivity index (χ0n) is 10.5. The van der Waals surface area contributed by atoms with Crippen LogP contribution in [0.15, 0.2) is 6.07 Å². The largest absolute Gasteiger partial charge is 0.481 e. The minimum absolute atomic E-state index is 0.249. The van der Waals surface area contributed by atoms with Gasteiger partial charge in [0.05, 0.1) is 6.10 Å². The second-order valence-corrected chi connectivity index (χ2v) is 4.70. The summed E-state index contributed by atoms with van der Waals surface area (Å²) < 4.78 is 0. The van der Waals surface area contributed by atoms with E-state index in [0.717, 1.165) is 11.4 Å². The number of carbonyl (C=O) groups is 1. The molecule has 1 aromatic heterocycles. The molecule has 6 heteroatoms. The molecular weight excluding hydrogens is 234 g/mol. The van der Waals surface area contributed by atoms with Crippen molar-refractivity contribution < 1.29 is 15.0 Å². The van der Waals surface area contributed by atoms with Gasteiger partial charge in [-0.25, -0.2) is 9.97 Å². The number of nitrogens with zero attached hydrogens (tertiary/aromatic N) is 3. The summed E-state index contributed by atoms with van der Waals surface area (Å²) >= 11 is 0. The first kappa shape index (κ1) is 12.8. The minimum atomic E-state index is -0.975. The van der Waals surface area contributed by atoms with Crippen molar-refractivity contribution in [3.63, 3.8) is 0 Å². The van der Waals surface area contributed by atoms with Crippen LogP contribution in [-0.2, 0) is 4.79 Å². The van der Waals surface area contributed by atoms with Crippen molar-refractivity contribution in [3.8, 4) is 0 Å². The first-order valence-corrected chi connectivity index (χ1v) is 5.95. The number of hydrogen-bond acceptors (Lipinski definition) is 5. The number of rotatable bonds is 2. The Morgan fingerprint density at radius 1 is 1.39 bits per heavy atom. The molecule has 1 aliphatic rings. The van der Waals surface area contributed by atoms with Gasteiger partial charge in [-0.2, -0.15) is 0 Å². The van der Waals surface area contributed by atoms with Crippen LogP contribution >= 0.6 is 0 Å². The van der Waals surface area contributed by atoms with Crippen molar-refractivity contribution in [1.29, 1.82) is 0 Å². The molecule has 1 aliphatic heterocycles. The quantitative estimate of drug-likeness (QED) is 0.789. The Morgan fingerprint density at radius 3 is 2.56 bits per heavy atom.